The fourth-order valence-electron chi connectivity index (χ4n) is 2.46. The number of halogens is 2. The summed E-state index contributed by atoms with van der Waals surface area (Å²) in [5, 5.41) is 3.24. The van der Waals surface area contributed by atoms with Crippen molar-refractivity contribution in [3.63, 3.8) is 0 Å². The highest BCUT2D eigenvalue weighted by atomic mass is 35.5. The van der Waals surface area contributed by atoms with Gasteiger partial charge >= 0.3 is 0 Å². The molecule has 0 aromatic heterocycles. The maximum atomic E-state index is 12.9. The number of benzene rings is 1. The molecule has 1 heterocycles. The molecule has 1 aromatic rings. The minimum atomic E-state index is -0.241. The first-order valence-corrected chi connectivity index (χ1v) is 6.97. The second-order valence-electron chi connectivity index (χ2n) is 5.04. The first-order valence-electron chi connectivity index (χ1n) is 6.97. The fourth-order valence-corrected chi connectivity index (χ4v) is 2.46. The molecule has 1 unspecified atom stereocenters. The van der Waals surface area contributed by atoms with Crippen LogP contribution in [0.15, 0.2) is 24.3 Å². The molecular formula is C15H22ClFN2O. The number of carbonyl (C=O) groups excluding carboxylic acids is 1. The molecule has 1 atom stereocenters. The van der Waals surface area contributed by atoms with E-state index in [-0.39, 0.29) is 30.2 Å². The molecule has 1 fully saturated rings. The quantitative estimate of drug-likeness (QED) is 0.907. The van der Waals surface area contributed by atoms with Crippen LogP contribution in [0.5, 0.6) is 0 Å². The molecule has 1 amide bonds. The Labute approximate surface area is 125 Å². The summed E-state index contributed by atoms with van der Waals surface area (Å²) in [6.07, 6.45) is 2.91. The number of nitrogens with one attached hydrogen (secondary N) is 1. The summed E-state index contributed by atoms with van der Waals surface area (Å²) in [5.41, 5.74) is 0.973. The van der Waals surface area contributed by atoms with Crippen LogP contribution in [0, 0.1) is 5.82 Å². The van der Waals surface area contributed by atoms with Crippen molar-refractivity contribution in [1.29, 1.82) is 0 Å². The molecule has 1 N–H and O–H groups in total. The van der Waals surface area contributed by atoms with E-state index in [1.807, 2.05) is 4.90 Å². The summed E-state index contributed by atoms with van der Waals surface area (Å²) >= 11 is 0. The fraction of sp³-hybridized carbons (Fsp3) is 0.533. The van der Waals surface area contributed by atoms with Gasteiger partial charge < -0.3 is 10.2 Å². The van der Waals surface area contributed by atoms with Gasteiger partial charge in [-0.25, -0.2) is 4.39 Å². The van der Waals surface area contributed by atoms with E-state index in [4.69, 9.17) is 0 Å². The molecule has 5 heteroatoms. The minimum absolute atomic E-state index is 0. The Hall–Kier alpha value is -1.13. The summed E-state index contributed by atoms with van der Waals surface area (Å²) < 4.78 is 12.9. The van der Waals surface area contributed by atoms with Gasteiger partial charge in [-0.1, -0.05) is 19.1 Å². The van der Waals surface area contributed by atoms with Crippen LogP contribution >= 0.6 is 12.4 Å². The van der Waals surface area contributed by atoms with Crippen LogP contribution in [0.2, 0.25) is 0 Å². The van der Waals surface area contributed by atoms with E-state index < -0.39 is 0 Å². The summed E-state index contributed by atoms with van der Waals surface area (Å²) in [4.78, 5) is 14.3. The van der Waals surface area contributed by atoms with Crippen molar-refractivity contribution < 1.29 is 9.18 Å². The Kier molecular flexibility index (Phi) is 6.96. The number of hydrogen-bond donors (Lipinski definition) is 1. The van der Waals surface area contributed by atoms with E-state index in [0.29, 0.717) is 6.54 Å². The highest BCUT2D eigenvalue weighted by Gasteiger charge is 2.26. The molecule has 1 aliphatic rings. The smallest absolute Gasteiger partial charge is 0.240 e. The van der Waals surface area contributed by atoms with E-state index in [0.717, 1.165) is 37.9 Å². The Balaban J connectivity index is 0.00000200. The van der Waals surface area contributed by atoms with Crippen molar-refractivity contribution in [2.45, 2.75) is 38.8 Å². The Morgan fingerprint density at radius 3 is 2.65 bits per heavy atom. The SMILES string of the molecule is CCCN(Cc1ccc(F)cc1)C(=O)C1CCCN1.Cl. The van der Waals surface area contributed by atoms with Gasteiger partial charge in [0.1, 0.15) is 5.82 Å². The standard InChI is InChI=1S/C15H21FN2O.ClH/c1-2-10-18(15(19)14-4-3-9-17-14)11-12-5-7-13(16)8-6-12;/h5-8,14,17H,2-4,9-11H2,1H3;1H. The van der Waals surface area contributed by atoms with Gasteiger partial charge in [-0.05, 0) is 43.5 Å². The summed E-state index contributed by atoms with van der Waals surface area (Å²) in [7, 11) is 0. The first kappa shape index (κ1) is 16.9. The predicted molar refractivity (Wildman–Crippen MR) is 80.4 cm³/mol. The average molecular weight is 301 g/mol. The Bertz CT molecular complexity index is 418. The van der Waals surface area contributed by atoms with Crippen LogP contribution in [0.3, 0.4) is 0 Å². The highest BCUT2D eigenvalue weighted by Crippen LogP contribution is 2.13. The largest absolute Gasteiger partial charge is 0.337 e. The van der Waals surface area contributed by atoms with Gasteiger partial charge in [-0.2, -0.15) is 0 Å². The van der Waals surface area contributed by atoms with Gasteiger partial charge in [0.25, 0.3) is 0 Å². The molecule has 3 nitrogen and oxygen atoms in total. The third kappa shape index (κ3) is 4.46. The lowest BCUT2D eigenvalue weighted by atomic mass is 10.1. The third-order valence-electron chi connectivity index (χ3n) is 3.45. The maximum Gasteiger partial charge on any atom is 0.240 e. The topological polar surface area (TPSA) is 32.3 Å². The Morgan fingerprint density at radius 1 is 1.40 bits per heavy atom. The minimum Gasteiger partial charge on any atom is -0.337 e. The Morgan fingerprint density at radius 2 is 2.10 bits per heavy atom. The summed E-state index contributed by atoms with van der Waals surface area (Å²) in [5.74, 6) is -0.0711. The molecule has 1 aliphatic heterocycles. The van der Waals surface area contributed by atoms with Gasteiger partial charge in [0.15, 0.2) is 0 Å². The van der Waals surface area contributed by atoms with Crippen LogP contribution in [0.1, 0.15) is 31.7 Å². The molecule has 0 spiro atoms. The lowest BCUT2D eigenvalue weighted by molar-refractivity contribution is -0.133. The third-order valence-corrected chi connectivity index (χ3v) is 3.45. The second kappa shape index (κ2) is 8.22. The number of nitrogens with zero attached hydrogens (tertiary/aromatic N) is 1. The lowest BCUT2D eigenvalue weighted by Crippen LogP contribution is -2.43. The van der Waals surface area contributed by atoms with Crippen molar-refractivity contribution in [2.24, 2.45) is 0 Å². The number of amides is 1. The van der Waals surface area contributed by atoms with Gasteiger partial charge in [-0.15, -0.1) is 12.4 Å². The second-order valence-corrected chi connectivity index (χ2v) is 5.04. The van der Waals surface area contributed by atoms with Crippen molar-refractivity contribution in [2.75, 3.05) is 13.1 Å². The van der Waals surface area contributed by atoms with Crippen LogP contribution in [0.25, 0.3) is 0 Å². The zero-order valence-electron chi connectivity index (χ0n) is 11.8. The van der Waals surface area contributed by atoms with E-state index in [1.165, 1.54) is 12.1 Å². The van der Waals surface area contributed by atoms with Gasteiger partial charge in [0, 0.05) is 13.1 Å². The van der Waals surface area contributed by atoms with Crippen molar-refractivity contribution >= 4 is 18.3 Å². The molecule has 0 saturated carbocycles. The number of rotatable bonds is 5. The average Bonchev–Trinajstić information content (AvgIpc) is 2.94. The van der Waals surface area contributed by atoms with Gasteiger partial charge in [0.2, 0.25) is 5.91 Å². The van der Waals surface area contributed by atoms with Crippen LogP contribution in [-0.4, -0.2) is 29.9 Å². The van der Waals surface area contributed by atoms with E-state index in [9.17, 15) is 9.18 Å². The molecule has 0 radical (unpaired) electrons. The van der Waals surface area contributed by atoms with Gasteiger partial charge in [-0.3, -0.25) is 4.79 Å². The molecule has 1 saturated heterocycles. The van der Waals surface area contributed by atoms with Crippen LogP contribution in [0.4, 0.5) is 4.39 Å². The highest BCUT2D eigenvalue weighted by molar-refractivity contribution is 5.85. The zero-order valence-corrected chi connectivity index (χ0v) is 12.6. The summed E-state index contributed by atoms with van der Waals surface area (Å²) in [6, 6.07) is 6.34. The lowest BCUT2D eigenvalue weighted by Gasteiger charge is -2.25. The van der Waals surface area contributed by atoms with Crippen LogP contribution < -0.4 is 5.32 Å². The first-order chi connectivity index (χ1) is 9.20. The van der Waals surface area contributed by atoms with Crippen molar-refractivity contribution in [1.82, 2.24) is 10.2 Å². The van der Waals surface area contributed by atoms with Crippen molar-refractivity contribution in [3.05, 3.63) is 35.6 Å². The number of carbonyl (C=O) groups is 1. The molecule has 20 heavy (non-hydrogen) atoms. The normalized spacial score (nSPS) is 17.6. The van der Waals surface area contributed by atoms with E-state index >= 15 is 0 Å². The zero-order chi connectivity index (χ0) is 13.7. The molecule has 1 aromatic carbocycles. The molecule has 0 bridgehead atoms. The van der Waals surface area contributed by atoms with E-state index in [2.05, 4.69) is 12.2 Å². The maximum absolute atomic E-state index is 12.9. The molecule has 112 valence electrons. The summed E-state index contributed by atoms with van der Waals surface area (Å²) in [6.45, 7) is 4.29. The van der Waals surface area contributed by atoms with E-state index in [1.54, 1.807) is 12.1 Å². The molecular weight excluding hydrogens is 279 g/mol. The predicted octanol–water partition coefficient (Wildman–Crippen LogP) is 2.74. The number of hydrogen-bond acceptors (Lipinski definition) is 2. The van der Waals surface area contributed by atoms with Crippen molar-refractivity contribution in [3.8, 4) is 0 Å². The molecule has 2 rings (SSSR count). The van der Waals surface area contributed by atoms with Crippen LogP contribution in [-0.2, 0) is 11.3 Å². The van der Waals surface area contributed by atoms with Gasteiger partial charge in [0.05, 0.1) is 6.04 Å². The molecule has 0 aliphatic carbocycles. The monoisotopic (exact) mass is 300 g/mol.